The Labute approximate surface area is 189 Å². The van der Waals surface area contributed by atoms with E-state index in [0.29, 0.717) is 30.9 Å². The summed E-state index contributed by atoms with van der Waals surface area (Å²) in [4.78, 5) is 29.4. The van der Waals surface area contributed by atoms with E-state index in [9.17, 15) is 22.8 Å². The van der Waals surface area contributed by atoms with Gasteiger partial charge >= 0.3 is 12.0 Å². The molecule has 0 aromatic heterocycles. The van der Waals surface area contributed by atoms with Crippen molar-refractivity contribution in [3.05, 3.63) is 59.7 Å². The molecule has 1 fully saturated rings. The fourth-order valence-corrected chi connectivity index (χ4v) is 3.82. The number of amides is 1. The van der Waals surface area contributed by atoms with Gasteiger partial charge in [0.2, 0.25) is 11.7 Å². The zero-order valence-corrected chi connectivity index (χ0v) is 18.1. The Balaban J connectivity index is 1.33. The van der Waals surface area contributed by atoms with Gasteiger partial charge in [0.05, 0.1) is 23.7 Å². The molecule has 0 bridgehead atoms. The van der Waals surface area contributed by atoms with E-state index in [1.807, 2.05) is 6.21 Å². The zero-order valence-electron chi connectivity index (χ0n) is 18.1. The Bertz CT molecular complexity index is 1130. The predicted octanol–water partition coefficient (Wildman–Crippen LogP) is 3.93. The van der Waals surface area contributed by atoms with E-state index in [1.165, 1.54) is 18.2 Å². The van der Waals surface area contributed by atoms with Crippen molar-refractivity contribution in [3.63, 3.8) is 0 Å². The second kappa shape index (κ2) is 8.80. The van der Waals surface area contributed by atoms with Crippen molar-refractivity contribution < 1.29 is 27.3 Å². The van der Waals surface area contributed by atoms with Crippen LogP contribution in [0.25, 0.3) is 0 Å². The number of carbonyl (C=O) groups is 2. The first kappa shape index (κ1) is 22.7. The summed E-state index contributed by atoms with van der Waals surface area (Å²) in [6.45, 7) is 0.742. The maximum absolute atomic E-state index is 13.2. The number of hydrogen-bond acceptors (Lipinski definition) is 4. The summed E-state index contributed by atoms with van der Waals surface area (Å²) in [6, 6.07) is 12.1. The molecule has 33 heavy (non-hydrogen) atoms. The number of benzene rings is 2. The van der Waals surface area contributed by atoms with Gasteiger partial charge in [-0.25, -0.2) is 4.58 Å². The molecule has 1 heterocycles. The maximum Gasteiger partial charge on any atom is 0.418 e. The molecule has 0 spiro atoms. The van der Waals surface area contributed by atoms with Crippen molar-refractivity contribution in [2.45, 2.75) is 32.0 Å². The molecular weight excluding hydrogens is 433 g/mol. The number of Topliss-reactive ketones (excluding diaryl/α,β-unsaturated/α-hetero) is 1. The number of nitrogens with one attached hydrogen (secondary N) is 2. The standard InChI is InChI=1S/C24H23F3N4O2/c1-31-13-12-28-21(31)20(32)14-23(10-11-23)22(33)29-15-16-6-8-17(9-7-16)30-19-5-3-2-4-18(19)24(25,26)27/h2-9,13,30H,10-12,14-15H2,1H3/p+1. The van der Waals surface area contributed by atoms with Crippen LogP contribution in [0, 0.1) is 5.41 Å². The maximum atomic E-state index is 13.2. The van der Waals surface area contributed by atoms with Crippen LogP contribution in [0.2, 0.25) is 0 Å². The van der Waals surface area contributed by atoms with Gasteiger partial charge in [-0.1, -0.05) is 29.3 Å². The lowest BCUT2D eigenvalue weighted by Gasteiger charge is -2.15. The lowest BCUT2D eigenvalue weighted by molar-refractivity contribution is -0.360. The van der Waals surface area contributed by atoms with Gasteiger partial charge in [0, 0.05) is 18.7 Å². The molecule has 1 saturated carbocycles. The van der Waals surface area contributed by atoms with Gasteiger partial charge in [0.15, 0.2) is 6.54 Å². The van der Waals surface area contributed by atoms with Crippen LogP contribution >= 0.6 is 0 Å². The summed E-state index contributed by atoms with van der Waals surface area (Å²) >= 11 is 0. The van der Waals surface area contributed by atoms with Crippen LogP contribution in [0.5, 0.6) is 0 Å². The molecule has 6 nitrogen and oxygen atoms in total. The highest BCUT2D eigenvalue weighted by Gasteiger charge is 2.52. The Morgan fingerprint density at radius 3 is 2.39 bits per heavy atom. The first-order valence-electron chi connectivity index (χ1n) is 10.6. The highest BCUT2D eigenvalue weighted by molar-refractivity contribution is 6.37. The third-order valence-corrected chi connectivity index (χ3v) is 5.93. The highest BCUT2D eigenvalue weighted by atomic mass is 19.4. The molecule has 0 radical (unpaired) electrons. The SMILES string of the molecule is C[N+]1=CCN=C1C(=O)CC1(C(=O)NCc2ccc(Nc3ccccc3C(F)(F)F)cc2)CC1. The van der Waals surface area contributed by atoms with Crippen LogP contribution in [-0.4, -0.2) is 41.9 Å². The highest BCUT2D eigenvalue weighted by Crippen LogP contribution is 2.49. The molecule has 0 atom stereocenters. The van der Waals surface area contributed by atoms with Gasteiger partial charge in [-0.05, 0) is 42.7 Å². The minimum absolute atomic E-state index is 0.0264. The first-order chi connectivity index (χ1) is 15.7. The Kier molecular flexibility index (Phi) is 6.05. The molecule has 172 valence electrons. The zero-order chi connectivity index (χ0) is 23.6. The van der Waals surface area contributed by atoms with E-state index in [2.05, 4.69) is 15.6 Å². The Hall–Kier alpha value is -3.49. The number of likely N-dealkylation sites (N-methyl/N-ethyl adjacent to an activating group) is 1. The summed E-state index contributed by atoms with van der Waals surface area (Å²) in [5.41, 5.74) is -0.134. The Morgan fingerprint density at radius 2 is 1.79 bits per heavy atom. The number of halogens is 3. The normalized spacial score (nSPS) is 16.6. The number of aliphatic imine (C=N–C) groups is 1. The quantitative estimate of drug-likeness (QED) is 0.590. The minimum atomic E-state index is -4.45. The largest absolute Gasteiger partial charge is 0.418 e. The van der Waals surface area contributed by atoms with Crippen molar-refractivity contribution in [3.8, 4) is 0 Å². The summed E-state index contributed by atoms with van der Waals surface area (Å²) in [5, 5.41) is 5.68. The van der Waals surface area contributed by atoms with Crippen LogP contribution < -0.4 is 10.6 Å². The Morgan fingerprint density at radius 1 is 1.09 bits per heavy atom. The molecule has 2 aromatic carbocycles. The number of hydrogen-bond donors (Lipinski definition) is 2. The fraction of sp³-hybridized carbons (Fsp3) is 0.333. The van der Waals surface area contributed by atoms with Crippen LogP contribution in [0.3, 0.4) is 0 Å². The van der Waals surface area contributed by atoms with E-state index in [4.69, 9.17) is 0 Å². The average molecular weight is 457 g/mol. The van der Waals surface area contributed by atoms with Crippen molar-refractivity contribution in [1.29, 1.82) is 0 Å². The molecule has 9 heteroatoms. The molecule has 4 rings (SSSR count). The lowest BCUT2D eigenvalue weighted by atomic mass is 9.97. The molecular formula is C24H24F3N4O2+. The number of para-hydroxylation sites is 1. The number of amidine groups is 1. The third-order valence-electron chi connectivity index (χ3n) is 5.93. The van der Waals surface area contributed by atoms with Crippen LogP contribution in [0.1, 0.15) is 30.4 Å². The topological polar surface area (TPSA) is 73.6 Å². The van der Waals surface area contributed by atoms with Gasteiger partial charge in [0.1, 0.15) is 6.21 Å². The van der Waals surface area contributed by atoms with Gasteiger partial charge in [0.25, 0.3) is 0 Å². The van der Waals surface area contributed by atoms with E-state index in [0.717, 1.165) is 11.6 Å². The second-order valence-electron chi connectivity index (χ2n) is 8.39. The fourth-order valence-electron chi connectivity index (χ4n) is 3.82. The van der Waals surface area contributed by atoms with E-state index < -0.39 is 17.2 Å². The summed E-state index contributed by atoms with van der Waals surface area (Å²) in [7, 11) is 1.77. The average Bonchev–Trinajstić information content (AvgIpc) is 3.43. The molecule has 0 unspecified atom stereocenters. The molecule has 0 saturated heterocycles. The molecule has 1 aliphatic carbocycles. The van der Waals surface area contributed by atoms with Crippen molar-refractivity contribution >= 4 is 35.1 Å². The number of ketones is 1. The van der Waals surface area contributed by atoms with Crippen molar-refractivity contribution in [2.75, 3.05) is 18.9 Å². The smallest absolute Gasteiger partial charge is 0.355 e. The number of anilines is 2. The van der Waals surface area contributed by atoms with Crippen molar-refractivity contribution in [1.82, 2.24) is 5.32 Å². The van der Waals surface area contributed by atoms with Crippen LogP contribution in [-0.2, 0) is 22.3 Å². The third kappa shape index (κ3) is 5.13. The molecule has 1 amide bonds. The van der Waals surface area contributed by atoms with Crippen molar-refractivity contribution in [2.24, 2.45) is 10.4 Å². The predicted molar refractivity (Wildman–Crippen MR) is 119 cm³/mol. The van der Waals surface area contributed by atoms with Crippen LogP contribution in [0.15, 0.2) is 53.5 Å². The summed E-state index contributed by atoms with van der Waals surface area (Å²) < 4.78 is 41.2. The van der Waals surface area contributed by atoms with E-state index in [1.54, 1.807) is 35.9 Å². The number of carbonyl (C=O) groups excluding carboxylic acids is 2. The van der Waals surface area contributed by atoms with Crippen LogP contribution in [0.4, 0.5) is 24.5 Å². The lowest BCUT2D eigenvalue weighted by Crippen LogP contribution is -2.35. The van der Waals surface area contributed by atoms with E-state index in [-0.39, 0.29) is 30.3 Å². The second-order valence-corrected chi connectivity index (χ2v) is 8.39. The minimum Gasteiger partial charge on any atom is -0.355 e. The molecule has 2 aromatic rings. The van der Waals surface area contributed by atoms with Gasteiger partial charge in [-0.3, -0.25) is 9.59 Å². The first-order valence-corrected chi connectivity index (χ1v) is 10.6. The monoisotopic (exact) mass is 457 g/mol. The molecule has 1 aliphatic heterocycles. The van der Waals surface area contributed by atoms with Gasteiger partial charge < -0.3 is 10.6 Å². The molecule has 2 N–H and O–H groups in total. The number of rotatable bonds is 8. The summed E-state index contributed by atoms with van der Waals surface area (Å²) in [6.07, 6.45) is -1.18. The summed E-state index contributed by atoms with van der Waals surface area (Å²) in [5.74, 6) is 0.0973. The number of alkyl halides is 3. The van der Waals surface area contributed by atoms with Gasteiger partial charge in [-0.2, -0.15) is 13.2 Å². The number of nitrogens with zero attached hydrogens (tertiary/aromatic N) is 2. The van der Waals surface area contributed by atoms with E-state index >= 15 is 0 Å². The molecule has 2 aliphatic rings. The van der Waals surface area contributed by atoms with Gasteiger partial charge in [-0.15, -0.1) is 0 Å².